The van der Waals surface area contributed by atoms with Crippen LogP contribution in [0.25, 0.3) is 10.6 Å². The quantitative estimate of drug-likeness (QED) is 0.705. The summed E-state index contributed by atoms with van der Waals surface area (Å²) in [6.07, 6.45) is 8.77. The van der Waals surface area contributed by atoms with Gasteiger partial charge < -0.3 is 0 Å². The maximum atomic E-state index is 4.81. The highest BCUT2D eigenvalue weighted by Gasteiger charge is 2.12. The SMILES string of the molecule is CC(C)N=c1scc(-c2cccs2)n1N=CC1CCCCC1. The van der Waals surface area contributed by atoms with E-state index in [1.165, 1.54) is 37.0 Å². The summed E-state index contributed by atoms with van der Waals surface area (Å²) >= 11 is 3.43. The number of thiophene rings is 1. The fourth-order valence-corrected chi connectivity index (χ4v) is 4.52. The van der Waals surface area contributed by atoms with Crippen molar-refractivity contribution >= 4 is 28.9 Å². The van der Waals surface area contributed by atoms with Gasteiger partial charge in [-0.1, -0.05) is 25.3 Å². The summed E-state index contributed by atoms with van der Waals surface area (Å²) in [5.74, 6) is 0.629. The van der Waals surface area contributed by atoms with Gasteiger partial charge in [-0.25, -0.2) is 4.68 Å². The molecule has 2 aromatic heterocycles. The lowest BCUT2D eigenvalue weighted by atomic mass is 9.90. The van der Waals surface area contributed by atoms with Gasteiger partial charge in [-0.2, -0.15) is 5.10 Å². The van der Waals surface area contributed by atoms with Crippen molar-refractivity contribution in [3.63, 3.8) is 0 Å². The van der Waals surface area contributed by atoms with Gasteiger partial charge in [-0.15, -0.1) is 22.7 Å². The number of aromatic nitrogens is 1. The Hall–Kier alpha value is -1.20. The molecule has 2 aromatic rings. The van der Waals surface area contributed by atoms with E-state index >= 15 is 0 Å². The molecule has 0 bridgehead atoms. The average Bonchev–Trinajstić information content (AvgIpc) is 3.15. The highest BCUT2D eigenvalue weighted by molar-refractivity contribution is 7.14. The molecule has 22 heavy (non-hydrogen) atoms. The molecule has 1 fully saturated rings. The first-order valence-electron chi connectivity index (χ1n) is 8.07. The second-order valence-electron chi connectivity index (χ2n) is 6.08. The summed E-state index contributed by atoms with van der Waals surface area (Å²) in [5, 5.41) is 9.10. The lowest BCUT2D eigenvalue weighted by Gasteiger charge is -2.17. The van der Waals surface area contributed by atoms with E-state index in [-0.39, 0.29) is 6.04 Å². The van der Waals surface area contributed by atoms with E-state index in [0.29, 0.717) is 5.92 Å². The molecule has 0 saturated heterocycles. The van der Waals surface area contributed by atoms with Gasteiger partial charge in [0.1, 0.15) is 0 Å². The van der Waals surface area contributed by atoms with Crippen LogP contribution in [0.4, 0.5) is 0 Å². The smallest absolute Gasteiger partial charge is 0.206 e. The van der Waals surface area contributed by atoms with E-state index in [2.05, 4.69) is 43.0 Å². The van der Waals surface area contributed by atoms with Crippen LogP contribution in [0.1, 0.15) is 46.0 Å². The molecule has 1 aliphatic rings. The number of rotatable bonds is 4. The van der Waals surface area contributed by atoms with Gasteiger partial charge in [0.25, 0.3) is 0 Å². The Morgan fingerprint density at radius 3 is 2.73 bits per heavy atom. The first-order valence-corrected chi connectivity index (χ1v) is 9.82. The summed E-state index contributed by atoms with van der Waals surface area (Å²) in [6.45, 7) is 4.22. The molecule has 1 aliphatic carbocycles. The predicted molar refractivity (Wildman–Crippen MR) is 96.8 cm³/mol. The summed E-state index contributed by atoms with van der Waals surface area (Å²) in [7, 11) is 0. The lowest BCUT2D eigenvalue weighted by molar-refractivity contribution is 0.443. The van der Waals surface area contributed by atoms with Gasteiger partial charge in [0.2, 0.25) is 4.80 Å². The van der Waals surface area contributed by atoms with Crippen molar-refractivity contribution in [3.05, 3.63) is 27.7 Å². The Morgan fingerprint density at radius 1 is 1.23 bits per heavy atom. The van der Waals surface area contributed by atoms with Gasteiger partial charge in [0, 0.05) is 17.6 Å². The minimum atomic E-state index is 0.283. The van der Waals surface area contributed by atoms with Gasteiger partial charge in [-0.05, 0) is 44.1 Å². The monoisotopic (exact) mass is 333 g/mol. The molecule has 3 nitrogen and oxygen atoms in total. The maximum Gasteiger partial charge on any atom is 0.206 e. The normalized spacial score (nSPS) is 17.9. The molecule has 0 amide bonds. The van der Waals surface area contributed by atoms with Crippen LogP contribution < -0.4 is 4.80 Å². The summed E-state index contributed by atoms with van der Waals surface area (Å²) in [6, 6.07) is 4.52. The van der Waals surface area contributed by atoms with Crippen molar-refractivity contribution in [2.24, 2.45) is 16.0 Å². The standard InChI is InChI=1S/C17H23N3S2/c1-13(2)19-17-20(18-11-14-7-4-3-5-8-14)15(12-22-17)16-9-6-10-21-16/h6,9-14H,3-5,7-8H2,1-2H3. The average molecular weight is 334 g/mol. The van der Waals surface area contributed by atoms with Crippen LogP contribution in [-0.4, -0.2) is 16.9 Å². The van der Waals surface area contributed by atoms with Crippen LogP contribution in [0, 0.1) is 5.92 Å². The minimum absolute atomic E-state index is 0.283. The Bertz CT molecular complexity index is 671. The summed E-state index contributed by atoms with van der Waals surface area (Å²) in [4.78, 5) is 6.97. The van der Waals surface area contributed by atoms with Crippen molar-refractivity contribution in [3.8, 4) is 10.6 Å². The Balaban J connectivity index is 1.95. The molecule has 0 spiro atoms. The molecule has 0 aliphatic heterocycles. The van der Waals surface area contributed by atoms with Crippen molar-refractivity contribution in [1.29, 1.82) is 0 Å². The van der Waals surface area contributed by atoms with Crippen molar-refractivity contribution in [2.75, 3.05) is 0 Å². The molecule has 0 unspecified atom stereocenters. The topological polar surface area (TPSA) is 29.6 Å². The summed E-state index contributed by atoms with van der Waals surface area (Å²) in [5.41, 5.74) is 1.16. The zero-order chi connectivity index (χ0) is 15.4. The van der Waals surface area contributed by atoms with Crippen molar-refractivity contribution in [2.45, 2.75) is 52.0 Å². The minimum Gasteiger partial charge on any atom is -0.255 e. The zero-order valence-corrected chi connectivity index (χ0v) is 14.9. The Morgan fingerprint density at radius 2 is 2.05 bits per heavy atom. The fraction of sp³-hybridized carbons (Fsp3) is 0.529. The molecular formula is C17H23N3S2. The van der Waals surface area contributed by atoms with Gasteiger partial charge >= 0.3 is 0 Å². The van der Waals surface area contributed by atoms with Crippen LogP contribution in [-0.2, 0) is 0 Å². The molecule has 0 radical (unpaired) electrons. The van der Waals surface area contributed by atoms with Gasteiger partial charge in [-0.3, -0.25) is 4.99 Å². The van der Waals surface area contributed by atoms with E-state index < -0.39 is 0 Å². The molecule has 1 saturated carbocycles. The van der Waals surface area contributed by atoms with E-state index in [1.54, 1.807) is 22.7 Å². The molecular weight excluding hydrogens is 310 g/mol. The Labute approximate surface area is 140 Å². The lowest BCUT2D eigenvalue weighted by Crippen LogP contribution is -2.16. The maximum absolute atomic E-state index is 4.81. The van der Waals surface area contributed by atoms with E-state index in [4.69, 9.17) is 10.1 Å². The third-order valence-electron chi connectivity index (χ3n) is 3.87. The highest BCUT2D eigenvalue weighted by atomic mass is 32.1. The largest absolute Gasteiger partial charge is 0.255 e. The Kier molecular flexibility index (Phi) is 5.26. The first kappa shape index (κ1) is 15.7. The van der Waals surface area contributed by atoms with Crippen LogP contribution in [0.3, 0.4) is 0 Å². The van der Waals surface area contributed by atoms with E-state index in [0.717, 1.165) is 10.5 Å². The number of thiazole rings is 1. The van der Waals surface area contributed by atoms with Crippen LogP contribution in [0.2, 0.25) is 0 Å². The van der Waals surface area contributed by atoms with Crippen LogP contribution >= 0.6 is 22.7 Å². The zero-order valence-electron chi connectivity index (χ0n) is 13.2. The number of hydrogen-bond donors (Lipinski definition) is 0. The molecule has 0 aromatic carbocycles. The number of nitrogens with zero attached hydrogens (tertiary/aromatic N) is 3. The van der Waals surface area contributed by atoms with Crippen LogP contribution in [0.5, 0.6) is 0 Å². The van der Waals surface area contributed by atoms with E-state index in [1.807, 2.05) is 4.68 Å². The molecule has 118 valence electrons. The molecule has 3 rings (SSSR count). The van der Waals surface area contributed by atoms with Crippen molar-refractivity contribution < 1.29 is 0 Å². The van der Waals surface area contributed by atoms with Crippen molar-refractivity contribution in [1.82, 2.24) is 4.68 Å². The third kappa shape index (κ3) is 3.76. The number of hydrogen-bond acceptors (Lipinski definition) is 4. The second kappa shape index (κ2) is 7.38. The van der Waals surface area contributed by atoms with Gasteiger partial charge in [0.05, 0.1) is 10.6 Å². The molecule has 0 atom stereocenters. The predicted octanol–water partition coefficient (Wildman–Crippen LogP) is 5.00. The van der Waals surface area contributed by atoms with Gasteiger partial charge in [0.15, 0.2) is 0 Å². The third-order valence-corrected chi connectivity index (χ3v) is 5.59. The molecule has 0 N–H and O–H groups in total. The van der Waals surface area contributed by atoms with Crippen LogP contribution in [0.15, 0.2) is 33.0 Å². The molecule has 2 heterocycles. The van der Waals surface area contributed by atoms with E-state index in [9.17, 15) is 0 Å². The fourth-order valence-electron chi connectivity index (χ4n) is 2.76. The molecule has 5 heteroatoms. The first-order chi connectivity index (χ1) is 10.7. The highest BCUT2D eigenvalue weighted by Crippen LogP contribution is 2.26. The second-order valence-corrected chi connectivity index (χ2v) is 7.86. The summed E-state index contributed by atoms with van der Waals surface area (Å²) < 4.78 is 2.03.